The van der Waals surface area contributed by atoms with E-state index in [1.165, 1.54) is 0 Å². The minimum Gasteiger partial charge on any atom is -0.457 e. The molecule has 0 aliphatic heterocycles. The zero-order chi connectivity index (χ0) is 16.7. The molecule has 7 heteroatoms. The molecule has 0 amide bonds. The molecule has 0 unspecified atom stereocenters. The van der Waals surface area contributed by atoms with Gasteiger partial charge in [0.25, 0.3) is 0 Å². The number of hydrogen-bond donors (Lipinski definition) is 2. The SMILES string of the molecule is CNCCCNS(=O)(=O)c1ccc(Oc2cccc(C)c2)cc1.Cl. The molecule has 24 heavy (non-hydrogen) atoms. The summed E-state index contributed by atoms with van der Waals surface area (Å²) in [5.41, 5.74) is 1.10. The number of benzene rings is 2. The van der Waals surface area contributed by atoms with E-state index in [1.54, 1.807) is 24.3 Å². The first-order valence-corrected chi connectivity index (χ1v) is 8.98. The molecule has 2 aromatic rings. The normalized spacial score (nSPS) is 10.9. The summed E-state index contributed by atoms with van der Waals surface area (Å²) in [6.45, 7) is 3.17. The highest BCUT2D eigenvalue weighted by Gasteiger charge is 2.13. The van der Waals surface area contributed by atoms with Gasteiger partial charge in [0.15, 0.2) is 0 Å². The van der Waals surface area contributed by atoms with Gasteiger partial charge in [-0.3, -0.25) is 0 Å². The summed E-state index contributed by atoms with van der Waals surface area (Å²) >= 11 is 0. The Labute approximate surface area is 149 Å². The molecule has 0 aliphatic carbocycles. The van der Waals surface area contributed by atoms with Gasteiger partial charge in [0.05, 0.1) is 4.90 Å². The zero-order valence-electron chi connectivity index (χ0n) is 13.8. The van der Waals surface area contributed by atoms with Crippen LogP contribution in [0.3, 0.4) is 0 Å². The highest BCUT2D eigenvalue weighted by atomic mass is 35.5. The molecular formula is C17H23ClN2O3S. The second kappa shape index (κ2) is 9.64. The van der Waals surface area contributed by atoms with Crippen LogP contribution in [0.1, 0.15) is 12.0 Å². The van der Waals surface area contributed by atoms with Crippen LogP contribution in [-0.2, 0) is 10.0 Å². The first kappa shape index (κ1) is 20.4. The summed E-state index contributed by atoms with van der Waals surface area (Å²) in [6.07, 6.45) is 0.740. The van der Waals surface area contributed by atoms with Gasteiger partial charge in [0.1, 0.15) is 11.5 Å². The lowest BCUT2D eigenvalue weighted by Crippen LogP contribution is -2.26. The summed E-state index contributed by atoms with van der Waals surface area (Å²) in [5, 5.41) is 2.98. The molecule has 0 atom stereocenters. The summed E-state index contributed by atoms with van der Waals surface area (Å²) in [7, 11) is -1.64. The largest absolute Gasteiger partial charge is 0.457 e. The Balaban J connectivity index is 0.00000288. The summed E-state index contributed by atoms with van der Waals surface area (Å²) in [6, 6.07) is 14.1. The molecular weight excluding hydrogens is 348 g/mol. The van der Waals surface area contributed by atoms with Gasteiger partial charge in [-0.05, 0) is 68.9 Å². The van der Waals surface area contributed by atoms with Gasteiger partial charge >= 0.3 is 0 Å². The van der Waals surface area contributed by atoms with Gasteiger partial charge in [-0.15, -0.1) is 12.4 Å². The van der Waals surface area contributed by atoms with Gasteiger partial charge in [0.2, 0.25) is 10.0 Å². The number of ether oxygens (including phenoxy) is 1. The van der Waals surface area contributed by atoms with Crippen LogP contribution in [-0.4, -0.2) is 28.6 Å². The molecule has 2 rings (SSSR count). The molecule has 0 saturated carbocycles. The Bertz CT molecular complexity index is 734. The topological polar surface area (TPSA) is 67.4 Å². The van der Waals surface area contributed by atoms with Crippen molar-refractivity contribution in [3.8, 4) is 11.5 Å². The Kier molecular flexibility index (Phi) is 8.21. The van der Waals surface area contributed by atoms with Crippen molar-refractivity contribution >= 4 is 22.4 Å². The van der Waals surface area contributed by atoms with Crippen molar-refractivity contribution in [2.24, 2.45) is 0 Å². The lowest BCUT2D eigenvalue weighted by Gasteiger charge is -2.09. The van der Waals surface area contributed by atoms with Crippen LogP contribution < -0.4 is 14.8 Å². The molecule has 5 nitrogen and oxygen atoms in total. The average Bonchev–Trinajstić information content (AvgIpc) is 2.52. The maximum Gasteiger partial charge on any atom is 0.240 e. The summed E-state index contributed by atoms with van der Waals surface area (Å²) in [5.74, 6) is 1.33. The Hall–Kier alpha value is -1.60. The number of halogens is 1. The molecule has 0 aromatic heterocycles. The van der Waals surface area contributed by atoms with E-state index in [1.807, 2.05) is 38.2 Å². The molecule has 2 N–H and O–H groups in total. The lowest BCUT2D eigenvalue weighted by molar-refractivity contribution is 0.481. The van der Waals surface area contributed by atoms with Crippen molar-refractivity contribution < 1.29 is 13.2 Å². The van der Waals surface area contributed by atoms with E-state index < -0.39 is 10.0 Å². The van der Waals surface area contributed by atoms with Crippen LogP contribution in [0.2, 0.25) is 0 Å². The van der Waals surface area contributed by atoms with E-state index in [0.29, 0.717) is 12.3 Å². The summed E-state index contributed by atoms with van der Waals surface area (Å²) in [4.78, 5) is 0.235. The van der Waals surface area contributed by atoms with E-state index in [2.05, 4.69) is 10.0 Å². The Morgan fingerprint density at radius 2 is 1.71 bits per heavy atom. The maximum absolute atomic E-state index is 12.1. The van der Waals surface area contributed by atoms with Gasteiger partial charge in [-0.25, -0.2) is 13.1 Å². The van der Waals surface area contributed by atoms with Crippen LogP contribution in [0.5, 0.6) is 11.5 Å². The van der Waals surface area contributed by atoms with Gasteiger partial charge in [-0.2, -0.15) is 0 Å². The van der Waals surface area contributed by atoms with Crippen LogP contribution in [0, 0.1) is 6.92 Å². The number of aryl methyl sites for hydroxylation is 1. The first-order chi connectivity index (χ1) is 11.0. The molecule has 0 radical (unpaired) electrons. The fourth-order valence-electron chi connectivity index (χ4n) is 2.06. The summed E-state index contributed by atoms with van der Waals surface area (Å²) < 4.78 is 32.6. The molecule has 0 spiro atoms. The minimum atomic E-state index is -3.47. The average molecular weight is 371 g/mol. The fraction of sp³-hybridized carbons (Fsp3) is 0.294. The van der Waals surface area contributed by atoms with E-state index in [0.717, 1.165) is 24.3 Å². The quantitative estimate of drug-likeness (QED) is 0.701. The lowest BCUT2D eigenvalue weighted by atomic mass is 10.2. The van der Waals surface area contributed by atoms with Gasteiger partial charge in [-0.1, -0.05) is 12.1 Å². The molecule has 0 fully saturated rings. The van der Waals surface area contributed by atoms with Gasteiger partial charge in [0, 0.05) is 6.54 Å². The Morgan fingerprint density at radius 3 is 2.33 bits per heavy atom. The maximum atomic E-state index is 12.1. The van der Waals surface area contributed by atoms with E-state index >= 15 is 0 Å². The monoisotopic (exact) mass is 370 g/mol. The van der Waals surface area contributed by atoms with Crippen LogP contribution >= 0.6 is 12.4 Å². The van der Waals surface area contributed by atoms with Crippen LogP contribution in [0.25, 0.3) is 0 Å². The fourth-order valence-corrected chi connectivity index (χ4v) is 3.13. The smallest absolute Gasteiger partial charge is 0.240 e. The number of sulfonamides is 1. The van der Waals surface area contributed by atoms with E-state index in [9.17, 15) is 8.42 Å². The molecule has 0 heterocycles. The van der Waals surface area contributed by atoms with Crippen molar-refractivity contribution in [1.29, 1.82) is 0 Å². The minimum absolute atomic E-state index is 0. The highest BCUT2D eigenvalue weighted by molar-refractivity contribution is 7.89. The molecule has 0 aliphatic rings. The molecule has 132 valence electrons. The third-order valence-electron chi connectivity index (χ3n) is 3.25. The second-order valence-corrected chi connectivity index (χ2v) is 7.01. The van der Waals surface area contributed by atoms with Gasteiger partial charge < -0.3 is 10.1 Å². The third kappa shape index (κ3) is 6.13. The number of rotatable bonds is 8. The standard InChI is InChI=1S/C17H22N2O3S.ClH/c1-14-5-3-6-16(13-14)22-15-7-9-17(10-8-15)23(20,21)19-12-4-11-18-2;/h3,5-10,13,18-19H,4,11-12H2,1-2H3;1H. The predicted octanol–water partition coefficient (Wildman–Crippen LogP) is 3.10. The Morgan fingerprint density at radius 1 is 1.00 bits per heavy atom. The molecule has 0 bridgehead atoms. The number of nitrogens with one attached hydrogen (secondary N) is 2. The van der Waals surface area contributed by atoms with Crippen molar-refractivity contribution in [2.75, 3.05) is 20.1 Å². The molecule has 0 saturated heterocycles. The third-order valence-corrected chi connectivity index (χ3v) is 4.73. The van der Waals surface area contributed by atoms with Crippen molar-refractivity contribution in [3.05, 3.63) is 54.1 Å². The van der Waals surface area contributed by atoms with Crippen molar-refractivity contribution in [1.82, 2.24) is 10.0 Å². The van der Waals surface area contributed by atoms with E-state index in [4.69, 9.17) is 4.74 Å². The highest BCUT2D eigenvalue weighted by Crippen LogP contribution is 2.23. The van der Waals surface area contributed by atoms with Crippen LogP contribution in [0.4, 0.5) is 0 Å². The van der Waals surface area contributed by atoms with E-state index in [-0.39, 0.29) is 17.3 Å². The van der Waals surface area contributed by atoms with Crippen molar-refractivity contribution in [2.45, 2.75) is 18.2 Å². The first-order valence-electron chi connectivity index (χ1n) is 7.50. The number of hydrogen-bond acceptors (Lipinski definition) is 4. The predicted molar refractivity (Wildman–Crippen MR) is 98.7 cm³/mol. The van der Waals surface area contributed by atoms with Crippen molar-refractivity contribution in [3.63, 3.8) is 0 Å². The molecule has 2 aromatic carbocycles. The zero-order valence-corrected chi connectivity index (χ0v) is 15.4. The van der Waals surface area contributed by atoms with Crippen LogP contribution in [0.15, 0.2) is 53.4 Å². The second-order valence-electron chi connectivity index (χ2n) is 5.24.